The van der Waals surface area contributed by atoms with Crippen LogP contribution in [0.1, 0.15) is 83.6 Å². The summed E-state index contributed by atoms with van der Waals surface area (Å²) in [5, 5.41) is 18.3. The number of hydrogen-bond donors (Lipinski definition) is 2. The Morgan fingerprint density at radius 2 is 1.98 bits per heavy atom. The van der Waals surface area contributed by atoms with Gasteiger partial charge in [-0.05, 0) is 89.8 Å². The fourth-order valence-corrected chi connectivity index (χ4v) is 7.72. The van der Waals surface area contributed by atoms with Crippen molar-refractivity contribution in [1.82, 2.24) is 25.1 Å². The molecule has 3 fully saturated rings. The first-order valence-corrected chi connectivity index (χ1v) is 16.9. The monoisotopic (exact) mass is 633 g/mol. The van der Waals surface area contributed by atoms with Crippen molar-refractivity contribution in [1.29, 1.82) is 0 Å². The molecule has 0 bridgehead atoms. The van der Waals surface area contributed by atoms with E-state index in [1.807, 2.05) is 50.7 Å². The normalized spacial score (nSPS) is 24.8. The third-order valence-corrected chi connectivity index (χ3v) is 10.1. The summed E-state index contributed by atoms with van der Waals surface area (Å²) in [6.45, 7) is 11.3. The van der Waals surface area contributed by atoms with Gasteiger partial charge in [-0.2, -0.15) is 0 Å². The Balaban J connectivity index is 1.17. The van der Waals surface area contributed by atoms with Crippen LogP contribution < -0.4 is 15.1 Å². The number of amides is 1. The average molecular weight is 634 g/mol. The molecule has 0 aliphatic carbocycles. The van der Waals surface area contributed by atoms with Crippen LogP contribution in [0.3, 0.4) is 0 Å². The summed E-state index contributed by atoms with van der Waals surface area (Å²) >= 11 is 0. The molecule has 0 saturated carbocycles. The van der Waals surface area contributed by atoms with Crippen LogP contribution >= 0.6 is 0 Å². The largest absolute Gasteiger partial charge is 0.444 e. The first kappa shape index (κ1) is 31.1. The maximum atomic E-state index is 12.7. The number of aliphatic hydroxyl groups is 1. The van der Waals surface area contributed by atoms with Gasteiger partial charge in [0.2, 0.25) is 0 Å². The van der Waals surface area contributed by atoms with E-state index in [2.05, 4.69) is 21.2 Å². The zero-order valence-electron chi connectivity index (χ0n) is 27.5. The second kappa shape index (κ2) is 12.3. The lowest BCUT2D eigenvalue weighted by Crippen LogP contribution is -2.55. The lowest BCUT2D eigenvalue weighted by Gasteiger charge is -2.42. The molecule has 6 heterocycles. The molecule has 3 atom stereocenters. The van der Waals surface area contributed by atoms with Crippen molar-refractivity contribution in [2.45, 2.75) is 103 Å². The minimum absolute atomic E-state index is 0.0191. The molecule has 1 unspecified atom stereocenters. The molecule has 2 aromatic heterocycles. The first-order valence-electron chi connectivity index (χ1n) is 16.9. The molecule has 1 amide bonds. The number of ether oxygens (including phenoxy) is 3. The van der Waals surface area contributed by atoms with Gasteiger partial charge in [0, 0.05) is 37.3 Å². The summed E-state index contributed by atoms with van der Waals surface area (Å²) < 4.78 is 19.9. The minimum atomic E-state index is -0.560. The van der Waals surface area contributed by atoms with Crippen molar-refractivity contribution in [2.24, 2.45) is 5.41 Å². The van der Waals surface area contributed by atoms with Crippen LogP contribution in [0.4, 0.5) is 22.1 Å². The second-order valence-corrected chi connectivity index (χ2v) is 14.3. The summed E-state index contributed by atoms with van der Waals surface area (Å²) in [6, 6.07) is 5.99. The maximum absolute atomic E-state index is 12.7. The van der Waals surface area contributed by atoms with Crippen LogP contribution in [0.25, 0.3) is 11.2 Å². The van der Waals surface area contributed by atoms with Crippen LogP contribution in [-0.4, -0.2) is 81.5 Å². The summed E-state index contributed by atoms with van der Waals surface area (Å²) in [5.74, 6) is 1.60. The van der Waals surface area contributed by atoms with E-state index in [0.29, 0.717) is 13.2 Å². The van der Waals surface area contributed by atoms with E-state index in [0.717, 1.165) is 98.6 Å². The van der Waals surface area contributed by atoms with Crippen LogP contribution in [0.2, 0.25) is 0 Å². The number of alkyl carbamates (subject to hydrolysis) is 1. The van der Waals surface area contributed by atoms with E-state index < -0.39 is 11.7 Å². The molecule has 1 spiro atoms. The Morgan fingerprint density at radius 3 is 2.72 bits per heavy atom. The van der Waals surface area contributed by atoms with Crippen molar-refractivity contribution in [3.8, 4) is 0 Å². The lowest BCUT2D eigenvalue weighted by molar-refractivity contribution is -0.0368. The van der Waals surface area contributed by atoms with Crippen LogP contribution in [0.15, 0.2) is 24.4 Å². The van der Waals surface area contributed by atoms with Crippen LogP contribution in [-0.2, 0) is 27.2 Å². The summed E-state index contributed by atoms with van der Waals surface area (Å²) in [7, 11) is 0. The molecule has 12 heteroatoms. The van der Waals surface area contributed by atoms with Gasteiger partial charge in [-0.25, -0.2) is 19.4 Å². The number of anilines is 3. The average Bonchev–Trinajstić information content (AvgIpc) is 3.57. The quantitative estimate of drug-likeness (QED) is 0.396. The fraction of sp³-hybridized carbons (Fsp3) is 0.647. The van der Waals surface area contributed by atoms with E-state index in [1.54, 1.807) is 0 Å². The smallest absolute Gasteiger partial charge is 0.407 e. The molecule has 3 aromatic rings. The highest BCUT2D eigenvalue weighted by atomic mass is 16.6. The van der Waals surface area contributed by atoms with E-state index in [-0.39, 0.29) is 30.4 Å². The van der Waals surface area contributed by atoms with E-state index in [1.165, 1.54) is 5.56 Å². The topological polar surface area (TPSA) is 127 Å². The van der Waals surface area contributed by atoms with Crippen molar-refractivity contribution < 1.29 is 24.1 Å². The van der Waals surface area contributed by atoms with Gasteiger partial charge in [-0.1, -0.05) is 12.1 Å². The molecule has 12 nitrogen and oxygen atoms in total. The van der Waals surface area contributed by atoms with Gasteiger partial charge in [0.25, 0.3) is 0 Å². The number of aliphatic hydroxyl groups excluding tert-OH is 1. The molecule has 3 saturated heterocycles. The summed E-state index contributed by atoms with van der Waals surface area (Å²) in [6.07, 6.45) is 7.79. The minimum Gasteiger partial charge on any atom is -0.444 e. The number of fused-ring (bicyclic) bond motifs is 2. The summed E-state index contributed by atoms with van der Waals surface area (Å²) in [4.78, 5) is 27.5. The van der Waals surface area contributed by atoms with Gasteiger partial charge < -0.3 is 34.4 Å². The standard InChI is InChI=1S/C34H47N7O5/c1-22-29(37-32(43)46-33(2,3)4)34(21-45-22)13-16-39(17-14-34)26-19-35-28-30(36-26)41(27-12-5-6-18-44-27)38-31(28)40-15-8-10-24-23(20-42)9-7-11-25(24)40/h7,9,11,19,22,27,29,42H,5-6,8,10,12-18,20-21H2,1-4H3,(H,37,43)/t22-,27?,29+/m0/s1. The van der Waals surface area contributed by atoms with Gasteiger partial charge in [0.15, 0.2) is 23.2 Å². The van der Waals surface area contributed by atoms with E-state index in [4.69, 9.17) is 29.3 Å². The Labute approximate surface area is 270 Å². The van der Waals surface area contributed by atoms with Gasteiger partial charge in [0.05, 0.1) is 31.6 Å². The number of hydrogen-bond acceptors (Lipinski definition) is 10. The molecule has 0 radical (unpaired) electrons. The lowest BCUT2D eigenvalue weighted by atomic mass is 9.73. The summed E-state index contributed by atoms with van der Waals surface area (Å²) in [5.41, 5.74) is 3.97. The highest BCUT2D eigenvalue weighted by Crippen LogP contribution is 2.44. The zero-order chi connectivity index (χ0) is 32.1. The third kappa shape index (κ3) is 5.79. The number of carbonyl (C=O) groups is 1. The van der Waals surface area contributed by atoms with Crippen molar-refractivity contribution in [3.05, 3.63) is 35.5 Å². The number of benzene rings is 1. The second-order valence-electron chi connectivity index (χ2n) is 14.3. The Hall–Kier alpha value is -3.48. The van der Waals surface area contributed by atoms with Gasteiger partial charge in [0.1, 0.15) is 11.4 Å². The number of piperidine rings is 1. The fourth-order valence-electron chi connectivity index (χ4n) is 7.72. The molecule has 4 aliphatic rings. The third-order valence-electron chi connectivity index (χ3n) is 10.1. The number of aromatic nitrogens is 4. The van der Waals surface area contributed by atoms with Crippen LogP contribution in [0, 0.1) is 5.41 Å². The van der Waals surface area contributed by atoms with E-state index in [9.17, 15) is 9.90 Å². The van der Waals surface area contributed by atoms with Crippen molar-refractivity contribution >= 4 is 34.6 Å². The predicted octanol–water partition coefficient (Wildman–Crippen LogP) is 5.00. The maximum Gasteiger partial charge on any atom is 0.407 e. The molecule has 7 rings (SSSR count). The van der Waals surface area contributed by atoms with Gasteiger partial charge in [-0.15, -0.1) is 5.10 Å². The Kier molecular flexibility index (Phi) is 8.31. The van der Waals surface area contributed by atoms with Gasteiger partial charge >= 0.3 is 6.09 Å². The zero-order valence-corrected chi connectivity index (χ0v) is 27.5. The highest BCUT2D eigenvalue weighted by Gasteiger charge is 2.50. The molecule has 46 heavy (non-hydrogen) atoms. The Morgan fingerprint density at radius 1 is 1.15 bits per heavy atom. The SMILES string of the molecule is C[C@@H]1OCC2(CCN(c3cnc4c(N5CCCc6c(CO)cccc65)nn(C5CCCCO5)c4n3)CC2)[C@@H]1NC(=O)OC(C)(C)C. The predicted molar refractivity (Wildman–Crippen MR) is 174 cm³/mol. The van der Waals surface area contributed by atoms with Gasteiger partial charge in [-0.3, -0.25) is 0 Å². The Bertz CT molecular complexity index is 1570. The number of carbonyl (C=O) groups excluding carboxylic acids is 1. The molecular formula is C34H47N7O5. The number of nitrogens with one attached hydrogen (secondary N) is 1. The molecule has 2 N–H and O–H groups in total. The molecular weight excluding hydrogens is 586 g/mol. The number of nitrogens with zero attached hydrogens (tertiary/aromatic N) is 6. The highest BCUT2D eigenvalue weighted by molar-refractivity contribution is 5.88. The van der Waals surface area contributed by atoms with Crippen molar-refractivity contribution in [2.75, 3.05) is 42.6 Å². The van der Waals surface area contributed by atoms with E-state index >= 15 is 0 Å². The molecule has 4 aliphatic heterocycles. The van der Waals surface area contributed by atoms with Crippen molar-refractivity contribution in [3.63, 3.8) is 0 Å². The first-order chi connectivity index (χ1) is 22.2. The van der Waals surface area contributed by atoms with Crippen LogP contribution in [0.5, 0.6) is 0 Å². The molecule has 1 aromatic carbocycles. The number of rotatable bonds is 5. The molecule has 248 valence electrons.